The molecule has 80 valence electrons. The van der Waals surface area contributed by atoms with E-state index in [1.807, 2.05) is 32.0 Å². The van der Waals surface area contributed by atoms with E-state index >= 15 is 0 Å². The molecule has 3 heteroatoms. The third-order valence-corrected chi connectivity index (χ3v) is 2.16. The molecule has 0 N–H and O–H groups in total. The normalized spacial score (nSPS) is 11.5. The SMILES string of the molecule is C=C(CC)N=c1cccc(C)n1C(C)=O. The number of carbonyl (C=O) groups excluding carboxylic acids is 1. The molecule has 0 radical (unpaired) electrons. The molecule has 0 amide bonds. The van der Waals surface area contributed by atoms with Crippen molar-refractivity contribution < 1.29 is 4.79 Å². The van der Waals surface area contributed by atoms with Crippen LogP contribution in [-0.2, 0) is 0 Å². The lowest BCUT2D eigenvalue weighted by Gasteiger charge is -2.06. The van der Waals surface area contributed by atoms with Gasteiger partial charge < -0.3 is 0 Å². The van der Waals surface area contributed by atoms with Crippen LogP contribution in [0.3, 0.4) is 0 Å². The number of allylic oxidation sites excluding steroid dienone is 1. The number of pyridine rings is 1. The highest BCUT2D eigenvalue weighted by molar-refractivity contribution is 5.76. The zero-order valence-corrected chi connectivity index (χ0v) is 9.45. The summed E-state index contributed by atoms with van der Waals surface area (Å²) >= 11 is 0. The summed E-state index contributed by atoms with van der Waals surface area (Å²) in [6.45, 7) is 9.21. The summed E-state index contributed by atoms with van der Waals surface area (Å²) in [5.74, 6) is -0.0317. The van der Waals surface area contributed by atoms with Crippen molar-refractivity contribution >= 4 is 5.91 Å². The average Bonchev–Trinajstić information content (AvgIpc) is 2.17. The maximum Gasteiger partial charge on any atom is 0.229 e. The summed E-state index contributed by atoms with van der Waals surface area (Å²) in [6, 6.07) is 5.58. The van der Waals surface area contributed by atoms with Gasteiger partial charge in [0, 0.05) is 18.3 Å². The van der Waals surface area contributed by atoms with Gasteiger partial charge in [0.25, 0.3) is 0 Å². The quantitative estimate of drug-likeness (QED) is 0.727. The number of aromatic nitrogens is 1. The molecular formula is C12H16N2O. The molecule has 0 aliphatic heterocycles. The second kappa shape index (κ2) is 4.73. The predicted molar refractivity (Wildman–Crippen MR) is 60.5 cm³/mol. The second-order valence-electron chi connectivity index (χ2n) is 3.41. The van der Waals surface area contributed by atoms with E-state index in [9.17, 15) is 4.79 Å². The van der Waals surface area contributed by atoms with Crippen LogP contribution in [-0.4, -0.2) is 10.5 Å². The van der Waals surface area contributed by atoms with E-state index < -0.39 is 0 Å². The first kappa shape index (κ1) is 11.4. The lowest BCUT2D eigenvalue weighted by molar-refractivity contribution is 0.0929. The van der Waals surface area contributed by atoms with Gasteiger partial charge in [0.1, 0.15) is 5.49 Å². The van der Waals surface area contributed by atoms with E-state index in [0.717, 1.165) is 17.8 Å². The van der Waals surface area contributed by atoms with Crippen LogP contribution in [0.4, 0.5) is 0 Å². The average molecular weight is 204 g/mol. The molecule has 0 atom stereocenters. The van der Waals surface area contributed by atoms with Crippen molar-refractivity contribution in [1.82, 2.24) is 4.57 Å². The van der Waals surface area contributed by atoms with Gasteiger partial charge >= 0.3 is 0 Å². The fourth-order valence-electron chi connectivity index (χ4n) is 1.34. The first-order valence-electron chi connectivity index (χ1n) is 4.98. The maximum absolute atomic E-state index is 11.4. The summed E-state index contributed by atoms with van der Waals surface area (Å²) in [5.41, 5.74) is 2.30. The van der Waals surface area contributed by atoms with Crippen molar-refractivity contribution in [3.05, 3.63) is 41.7 Å². The first-order chi connectivity index (χ1) is 7.06. The topological polar surface area (TPSA) is 34.4 Å². The summed E-state index contributed by atoms with van der Waals surface area (Å²) < 4.78 is 1.58. The summed E-state index contributed by atoms with van der Waals surface area (Å²) in [5, 5.41) is 0. The third-order valence-electron chi connectivity index (χ3n) is 2.16. The van der Waals surface area contributed by atoms with Crippen LogP contribution in [0, 0.1) is 6.92 Å². The lowest BCUT2D eigenvalue weighted by Crippen LogP contribution is -2.27. The molecule has 1 aromatic heterocycles. The minimum atomic E-state index is -0.0317. The summed E-state index contributed by atoms with van der Waals surface area (Å²) in [4.78, 5) is 15.7. The number of rotatable bonds is 2. The number of carbonyl (C=O) groups is 1. The molecule has 3 nitrogen and oxygen atoms in total. The van der Waals surface area contributed by atoms with Crippen LogP contribution in [0.1, 0.15) is 30.8 Å². The standard InChI is InChI=1S/C12H16N2O/c1-5-9(2)13-12-8-6-7-10(3)14(12)11(4)15/h6-8H,2,5H2,1,3-4H3. The number of nitrogens with zero attached hydrogens (tertiary/aromatic N) is 2. The molecule has 1 heterocycles. The molecular weight excluding hydrogens is 188 g/mol. The van der Waals surface area contributed by atoms with Crippen molar-refractivity contribution in [1.29, 1.82) is 0 Å². The molecule has 1 aromatic rings. The third kappa shape index (κ3) is 2.65. The fourth-order valence-corrected chi connectivity index (χ4v) is 1.34. The fraction of sp³-hybridized carbons (Fsp3) is 0.333. The van der Waals surface area contributed by atoms with E-state index in [-0.39, 0.29) is 5.91 Å². The first-order valence-corrected chi connectivity index (χ1v) is 4.98. The zero-order valence-electron chi connectivity index (χ0n) is 9.45. The minimum Gasteiger partial charge on any atom is -0.274 e. The van der Waals surface area contributed by atoms with Gasteiger partial charge in [-0.15, -0.1) is 0 Å². The Morgan fingerprint density at radius 2 is 2.20 bits per heavy atom. The number of hydrogen-bond donors (Lipinski definition) is 0. The van der Waals surface area contributed by atoms with Crippen molar-refractivity contribution in [2.45, 2.75) is 27.2 Å². The van der Waals surface area contributed by atoms with Gasteiger partial charge in [0.05, 0.1) is 0 Å². The molecule has 0 unspecified atom stereocenters. The van der Waals surface area contributed by atoms with E-state index in [4.69, 9.17) is 0 Å². The van der Waals surface area contributed by atoms with Gasteiger partial charge in [0.15, 0.2) is 0 Å². The van der Waals surface area contributed by atoms with Crippen LogP contribution >= 0.6 is 0 Å². The molecule has 0 aromatic carbocycles. The highest BCUT2D eigenvalue weighted by Crippen LogP contribution is 1.98. The van der Waals surface area contributed by atoms with Crippen LogP contribution in [0.25, 0.3) is 0 Å². The van der Waals surface area contributed by atoms with Gasteiger partial charge in [-0.1, -0.05) is 19.6 Å². The monoisotopic (exact) mass is 204 g/mol. The van der Waals surface area contributed by atoms with Crippen LogP contribution in [0.5, 0.6) is 0 Å². The van der Waals surface area contributed by atoms with Crippen LogP contribution in [0.15, 0.2) is 35.5 Å². The minimum absolute atomic E-state index is 0.0317. The van der Waals surface area contributed by atoms with Gasteiger partial charge in [-0.2, -0.15) is 0 Å². The van der Waals surface area contributed by atoms with Crippen molar-refractivity contribution in [3.63, 3.8) is 0 Å². The van der Waals surface area contributed by atoms with E-state index in [1.165, 1.54) is 6.92 Å². The molecule has 0 bridgehead atoms. The second-order valence-corrected chi connectivity index (χ2v) is 3.41. The Morgan fingerprint density at radius 3 is 2.73 bits per heavy atom. The smallest absolute Gasteiger partial charge is 0.229 e. The number of aryl methyl sites for hydroxylation is 1. The Bertz CT molecular complexity index is 455. The molecule has 0 saturated carbocycles. The Balaban J connectivity index is 3.42. The molecule has 15 heavy (non-hydrogen) atoms. The molecule has 0 aliphatic rings. The molecule has 0 aliphatic carbocycles. The number of hydrogen-bond acceptors (Lipinski definition) is 2. The van der Waals surface area contributed by atoms with Gasteiger partial charge in [-0.05, 0) is 25.5 Å². The largest absolute Gasteiger partial charge is 0.274 e. The van der Waals surface area contributed by atoms with Crippen LogP contribution in [0.2, 0.25) is 0 Å². The van der Waals surface area contributed by atoms with E-state index in [2.05, 4.69) is 11.6 Å². The molecule has 1 rings (SSSR count). The van der Waals surface area contributed by atoms with Crippen molar-refractivity contribution in [3.8, 4) is 0 Å². The van der Waals surface area contributed by atoms with Crippen molar-refractivity contribution in [2.75, 3.05) is 0 Å². The van der Waals surface area contributed by atoms with E-state index in [0.29, 0.717) is 5.49 Å². The predicted octanol–water partition coefficient (Wildman–Crippen LogP) is 2.28. The molecule has 0 spiro atoms. The molecule has 0 saturated heterocycles. The van der Waals surface area contributed by atoms with E-state index in [1.54, 1.807) is 4.57 Å². The maximum atomic E-state index is 11.4. The Hall–Kier alpha value is -1.64. The van der Waals surface area contributed by atoms with Crippen LogP contribution < -0.4 is 5.49 Å². The zero-order chi connectivity index (χ0) is 11.4. The molecule has 0 fully saturated rings. The Morgan fingerprint density at radius 1 is 1.53 bits per heavy atom. The summed E-state index contributed by atoms with van der Waals surface area (Å²) in [7, 11) is 0. The van der Waals surface area contributed by atoms with Gasteiger partial charge in [0.2, 0.25) is 5.91 Å². The Kier molecular flexibility index (Phi) is 3.61. The van der Waals surface area contributed by atoms with Gasteiger partial charge in [-0.25, -0.2) is 4.99 Å². The highest BCUT2D eigenvalue weighted by Gasteiger charge is 2.01. The summed E-state index contributed by atoms with van der Waals surface area (Å²) in [6.07, 6.45) is 0.784. The lowest BCUT2D eigenvalue weighted by atomic mass is 10.3. The highest BCUT2D eigenvalue weighted by atomic mass is 16.1. The van der Waals surface area contributed by atoms with Crippen molar-refractivity contribution in [2.24, 2.45) is 4.99 Å². The Labute approximate surface area is 89.8 Å². The van der Waals surface area contributed by atoms with Gasteiger partial charge in [-0.3, -0.25) is 9.36 Å².